The first-order valence-corrected chi connectivity index (χ1v) is 8.93. The normalized spacial score (nSPS) is 31.8. The van der Waals surface area contributed by atoms with Gasteiger partial charge in [-0.05, 0) is 68.1 Å². The third kappa shape index (κ3) is 2.73. The molecule has 0 radical (unpaired) electrons. The lowest BCUT2D eigenvalue weighted by Gasteiger charge is -2.56. The first-order valence-electron chi connectivity index (χ1n) is 8.93. The van der Waals surface area contributed by atoms with Crippen molar-refractivity contribution in [3.8, 4) is 0 Å². The summed E-state index contributed by atoms with van der Waals surface area (Å²) < 4.78 is 1.06. The second-order valence-corrected chi connectivity index (χ2v) is 8.18. The first-order chi connectivity index (χ1) is 12.3. The van der Waals surface area contributed by atoms with Gasteiger partial charge in [0.2, 0.25) is 5.91 Å². The van der Waals surface area contributed by atoms with Crippen LogP contribution < -0.4 is 5.32 Å². The van der Waals surface area contributed by atoms with Crippen molar-refractivity contribution in [1.29, 1.82) is 0 Å². The van der Waals surface area contributed by atoms with Gasteiger partial charge in [0, 0.05) is 5.54 Å². The quantitative estimate of drug-likeness (QED) is 0.629. The fourth-order valence-corrected chi connectivity index (χ4v) is 5.75. The Morgan fingerprint density at radius 2 is 1.69 bits per heavy atom. The highest BCUT2D eigenvalue weighted by Gasteiger charge is 2.51. The number of nitrogens with zero attached hydrogens (tertiary/aromatic N) is 4. The van der Waals surface area contributed by atoms with Gasteiger partial charge in [0.05, 0.1) is 10.0 Å². The summed E-state index contributed by atoms with van der Waals surface area (Å²) in [6, 6.07) is 0. The van der Waals surface area contributed by atoms with Gasteiger partial charge in [-0.2, -0.15) is 4.68 Å². The third-order valence-electron chi connectivity index (χ3n) is 6.25. The minimum Gasteiger partial charge on any atom is -0.358 e. The summed E-state index contributed by atoms with van der Waals surface area (Å²) in [5, 5.41) is 28.9. The van der Waals surface area contributed by atoms with E-state index in [1.54, 1.807) is 0 Å². The lowest BCUT2D eigenvalue weighted by atomic mass is 9.53. The van der Waals surface area contributed by atoms with Crippen LogP contribution in [0.5, 0.6) is 0 Å². The summed E-state index contributed by atoms with van der Waals surface area (Å²) in [7, 11) is 0. The molecule has 1 heterocycles. The van der Waals surface area contributed by atoms with Gasteiger partial charge in [-0.3, -0.25) is 14.9 Å². The Kier molecular flexibility index (Phi) is 3.74. The number of nitro groups is 2. The highest BCUT2D eigenvalue weighted by atomic mass is 16.6. The Labute approximate surface area is 149 Å². The molecule has 4 saturated carbocycles. The average Bonchev–Trinajstić information content (AvgIpc) is 2.82. The molecular weight excluding hydrogens is 342 g/mol. The van der Waals surface area contributed by atoms with Gasteiger partial charge in [-0.1, -0.05) is 0 Å². The van der Waals surface area contributed by atoms with E-state index in [1.165, 1.54) is 26.2 Å². The SMILES string of the molecule is Cc1c([N+](=O)[O-])c([N+](=O)[O-])nn1CC(=O)NC12CC3CC(CC(C3)C1)C2. The summed E-state index contributed by atoms with van der Waals surface area (Å²) in [4.78, 5) is 33.0. The molecule has 4 aliphatic carbocycles. The largest absolute Gasteiger partial charge is 0.468 e. The van der Waals surface area contributed by atoms with Crippen LogP contribution in [0.25, 0.3) is 0 Å². The second-order valence-electron chi connectivity index (χ2n) is 8.18. The summed E-state index contributed by atoms with van der Waals surface area (Å²) >= 11 is 0. The fourth-order valence-electron chi connectivity index (χ4n) is 5.75. The zero-order valence-electron chi connectivity index (χ0n) is 14.5. The first kappa shape index (κ1) is 16.9. The van der Waals surface area contributed by atoms with E-state index >= 15 is 0 Å². The van der Waals surface area contributed by atoms with Gasteiger partial charge < -0.3 is 15.4 Å². The topological polar surface area (TPSA) is 133 Å². The molecule has 26 heavy (non-hydrogen) atoms. The van der Waals surface area contributed by atoms with Crippen molar-refractivity contribution < 1.29 is 14.6 Å². The lowest BCUT2D eigenvalue weighted by molar-refractivity contribution is -0.424. The Hall–Kier alpha value is -2.52. The third-order valence-corrected chi connectivity index (χ3v) is 6.25. The summed E-state index contributed by atoms with van der Waals surface area (Å²) in [6.45, 7) is 1.12. The molecule has 0 aliphatic heterocycles. The van der Waals surface area contributed by atoms with Crippen LogP contribution in [0.3, 0.4) is 0 Å². The summed E-state index contributed by atoms with van der Waals surface area (Å²) in [5.41, 5.74) is -0.815. The van der Waals surface area contributed by atoms with Crippen molar-refractivity contribution in [2.45, 2.75) is 57.5 Å². The molecule has 1 N–H and O–H groups in total. The Morgan fingerprint density at radius 1 is 1.15 bits per heavy atom. The van der Waals surface area contributed by atoms with Crippen molar-refractivity contribution >= 4 is 17.4 Å². The molecule has 10 nitrogen and oxygen atoms in total. The number of amides is 1. The van der Waals surface area contributed by atoms with E-state index in [2.05, 4.69) is 10.4 Å². The molecule has 1 amide bonds. The molecule has 4 aliphatic rings. The monoisotopic (exact) mass is 363 g/mol. The standard InChI is InChI=1S/C16H21N5O5/c1-9-14(20(23)24)15(21(25)26)18-19(9)8-13(22)17-16-5-10-2-11(6-16)4-12(3-10)7-16/h10-12H,2-8H2,1H3,(H,17,22). The molecule has 5 rings (SSSR count). The van der Waals surface area contributed by atoms with Crippen LogP contribution in [-0.2, 0) is 11.3 Å². The van der Waals surface area contributed by atoms with Crippen molar-refractivity contribution in [3.05, 3.63) is 25.9 Å². The predicted molar refractivity (Wildman–Crippen MR) is 89.3 cm³/mol. The van der Waals surface area contributed by atoms with E-state index in [9.17, 15) is 25.0 Å². The number of carbonyl (C=O) groups is 1. The van der Waals surface area contributed by atoms with Crippen molar-refractivity contribution in [2.75, 3.05) is 0 Å². The van der Waals surface area contributed by atoms with E-state index in [0.29, 0.717) is 17.8 Å². The van der Waals surface area contributed by atoms with Crippen LogP contribution in [0.1, 0.15) is 44.2 Å². The zero-order valence-corrected chi connectivity index (χ0v) is 14.5. The number of nitrogens with one attached hydrogen (secondary N) is 1. The number of carbonyl (C=O) groups excluding carboxylic acids is 1. The molecule has 4 bridgehead atoms. The molecule has 140 valence electrons. The maximum Gasteiger partial charge on any atom is 0.468 e. The molecule has 0 unspecified atom stereocenters. The maximum absolute atomic E-state index is 12.6. The van der Waals surface area contributed by atoms with Crippen molar-refractivity contribution in [1.82, 2.24) is 15.1 Å². The molecule has 1 aromatic heterocycles. The summed E-state index contributed by atoms with van der Waals surface area (Å²) in [5.74, 6) is 0.915. The predicted octanol–water partition coefficient (Wildman–Crippen LogP) is 2.09. The maximum atomic E-state index is 12.6. The highest BCUT2D eigenvalue weighted by Crippen LogP contribution is 2.55. The summed E-state index contributed by atoms with van der Waals surface area (Å²) in [6.07, 6.45) is 6.73. The highest BCUT2D eigenvalue weighted by molar-refractivity contribution is 5.77. The Balaban J connectivity index is 1.51. The molecule has 0 saturated heterocycles. The van der Waals surface area contributed by atoms with Crippen LogP contribution in [0, 0.1) is 44.9 Å². The van der Waals surface area contributed by atoms with Gasteiger partial charge in [0.25, 0.3) is 0 Å². The second kappa shape index (κ2) is 5.75. The molecule has 1 aromatic rings. The molecule has 0 aromatic carbocycles. The van der Waals surface area contributed by atoms with Crippen LogP contribution >= 0.6 is 0 Å². The zero-order chi connectivity index (χ0) is 18.6. The van der Waals surface area contributed by atoms with Crippen molar-refractivity contribution in [3.63, 3.8) is 0 Å². The van der Waals surface area contributed by atoms with Gasteiger partial charge in [-0.25, -0.2) is 0 Å². The Morgan fingerprint density at radius 3 is 2.12 bits per heavy atom. The Bertz CT molecular complexity index is 766. The minimum atomic E-state index is -0.890. The number of aromatic nitrogens is 2. The number of rotatable bonds is 5. The van der Waals surface area contributed by atoms with Gasteiger partial charge in [0.15, 0.2) is 0 Å². The van der Waals surface area contributed by atoms with Crippen LogP contribution in [0.4, 0.5) is 11.5 Å². The average molecular weight is 363 g/mol. The van der Waals surface area contributed by atoms with Crippen LogP contribution in [-0.4, -0.2) is 31.1 Å². The van der Waals surface area contributed by atoms with E-state index in [1.807, 2.05) is 0 Å². The van der Waals surface area contributed by atoms with Crippen LogP contribution in [0.15, 0.2) is 0 Å². The molecular formula is C16H21N5O5. The van der Waals surface area contributed by atoms with Gasteiger partial charge >= 0.3 is 11.5 Å². The van der Waals surface area contributed by atoms with Gasteiger partial charge in [-0.15, -0.1) is 0 Å². The molecule has 0 spiro atoms. The van der Waals surface area contributed by atoms with E-state index in [-0.39, 0.29) is 23.7 Å². The molecule has 10 heteroatoms. The molecule has 4 fully saturated rings. The van der Waals surface area contributed by atoms with E-state index in [4.69, 9.17) is 0 Å². The molecule has 0 atom stereocenters. The number of hydrogen-bond donors (Lipinski definition) is 1. The fraction of sp³-hybridized carbons (Fsp3) is 0.750. The van der Waals surface area contributed by atoms with E-state index < -0.39 is 21.4 Å². The minimum absolute atomic E-state index is 0.0161. The number of hydrogen-bond acceptors (Lipinski definition) is 6. The lowest BCUT2D eigenvalue weighted by Crippen LogP contribution is -2.60. The van der Waals surface area contributed by atoms with Crippen molar-refractivity contribution in [2.24, 2.45) is 17.8 Å². The van der Waals surface area contributed by atoms with Gasteiger partial charge in [0.1, 0.15) is 12.2 Å². The smallest absolute Gasteiger partial charge is 0.358 e. The van der Waals surface area contributed by atoms with Crippen LogP contribution in [0.2, 0.25) is 0 Å². The van der Waals surface area contributed by atoms with E-state index in [0.717, 1.165) is 23.9 Å².